The van der Waals surface area contributed by atoms with Crippen LogP contribution in [0.5, 0.6) is 5.75 Å². The normalized spacial score (nSPS) is 11.2. The van der Waals surface area contributed by atoms with Gasteiger partial charge >= 0.3 is 6.61 Å². The van der Waals surface area contributed by atoms with Gasteiger partial charge in [-0.1, -0.05) is 12.1 Å². The van der Waals surface area contributed by atoms with Crippen molar-refractivity contribution < 1.29 is 18.3 Å². The quantitative estimate of drug-likeness (QED) is 0.826. The molecule has 1 amide bonds. The number of halogens is 2. The average Bonchev–Trinajstić information content (AvgIpc) is 2.77. The second-order valence-electron chi connectivity index (χ2n) is 5.27. The number of aryl methyl sites for hydroxylation is 2. The van der Waals surface area contributed by atoms with Crippen LogP contribution in [0.4, 0.5) is 8.78 Å². The van der Waals surface area contributed by atoms with Gasteiger partial charge in [0.2, 0.25) is 5.91 Å². The maximum absolute atomic E-state index is 12.1. The van der Waals surface area contributed by atoms with E-state index >= 15 is 0 Å². The number of alkyl halides is 2. The van der Waals surface area contributed by atoms with Gasteiger partial charge in [-0.25, -0.2) is 0 Å². The Morgan fingerprint density at radius 3 is 2.54 bits per heavy atom. The molecule has 1 heterocycles. The standard InChI is InChI=1S/C17H19F2N3O2/c1-11-15(12(2)22(3)21-11)10-20-16(23)9-6-13-4-7-14(8-5-13)24-17(18)19/h4-9,17H,10H2,1-3H3,(H,20,23)/b9-6-. The highest BCUT2D eigenvalue weighted by molar-refractivity contribution is 5.91. The zero-order chi connectivity index (χ0) is 17.7. The van der Waals surface area contributed by atoms with Crippen LogP contribution >= 0.6 is 0 Å². The van der Waals surface area contributed by atoms with E-state index in [1.165, 1.54) is 18.2 Å². The van der Waals surface area contributed by atoms with Gasteiger partial charge in [-0.2, -0.15) is 13.9 Å². The monoisotopic (exact) mass is 335 g/mol. The van der Waals surface area contributed by atoms with Crippen molar-refractivity contribution in [2.24, 2.45) is 7.05 Å². The first kappa shape index (κ1) is 17.7. The SMILES string of the molecule is Cc1nn(C)c(C)c1CNC(=O)/C=C\c1ccc(OC(F)F)cc1. The minimum Gasteiger partial charge on any atom is -0.435 e. The molecule has 1 aromatic carbocycles. The van der Waals surface area contributed by atoms with Gasteiger partial charge in [0, 0.05) is 30.9 Å². The zero-order valence-electron chi connectivity index (χ0n) is 13.7. The van der Waals surface area contributed by atoms with Crippen molar-refractivity contribution in [1.29, 1.82) is 0 Å². The summed E-state index contributed by atoms with van der Waals surface area (Å²) >= 11 is 0. The fourth-order valence-electron chi connectivity index (χ4n) is 2.24. The molecule has 0 fully saturated rings. The summed E-state index contributed by atoms with van der Waals surface area (Å²) in [5.74, 6) is -0.167. The summed E-state index contributed by atoms with van der Waals surface area (Å²) in [5, 5.41) is 7.09. The number of amides is 1. The lowest BCUT2D eigenvalue weighted by Crippen LogP contribution is -2.21. The number of rotatable bonds is 6. The molecular formula is C17H19F2N3O2. The van der Waals surface area contributed by atoms with Crippen molar-refractivity contribution >= 4 is 12.0 Å². The molecule has 0 saturated heterocycles. The number of ether oxygens (including phenoxy) is 1. The largest absolute Gasteiger partial charge is 0.435 e. The van der Waals surface area contributed by atoms with Crippen molar-refractivity contribution in [3.8, 4) is 5.75 Å². The predicted molar refractivity (Wildman–Crippen MR) is 86.6 cm³/mol. The maximum atomic E-state index is 12.1. The summed E-state index contributed by atoms with van der Waals surface area (Å²) < 4.78 is 30.2. The van der Waals surface area contributed by atoms with Gasteiger partial charge in [-0.3, -0.25) is 9.48 Å². The van der Waals surface area contributed by atoms with Crippen molar-refractivity contribution in [2.45, 2.75) is 27.0 Å². The molecule has 0 aliphatic rings. The van der Waals surface area contributed by atoms with Crippen LogP contribution in [0, 0.1) is 13.8 Å². The molecule has 5 nitrogen and oxygen atoms in total. The predicted octanol–water partition coefficient (Wildman–Crippen LogP) is 2.97. The van der Waals surface area contributed by atoms with Crippen LogP contribution in [-0.4, -0.2) is 22.3 Å². The summed E-state index contributed by atoms with van der Waals surface area (Å²) in [6.45, 7) is 1.39. The van der Waals surface area contributed by atoms with E-state index in [0.29, 0.717) is 12.1 Å². The van der Waals surface area contributed by atoms with E-state index in [4.69, 9.17) is 0 Å². The molecule has 0 aliphatic heterocycles. The molecule has 0 aliphatic carbocycles. The van der Waals surface area contributed by atoms with Gasteiger partial charge in [0.25, 0.3) is 0 Å². The molecule has 128 valence electrons. The molecule has 0 saturated carbocycles. The number of benzene rings is 1. The molecule has 24 heavy (non-hydrogen) atoms. The third-order valence-electron chi connectivity index (χ3n) is 3.63. The second-order valence-corrected chi connectivity index (χ2v) is 5.27. The number of carbonyl (C=O) groups excluding carboxylic acids is 1. The van der Waals surface area contributed by atoms with E-state index in [1.807, 2.05) is 20.9 Å². The molecule has 0 unspecified atom stereocenters. The Balaban J connectivity index is 1.91. The van der Waals surface area contributed by atoms with E-state index in [9.17, 15) is 13.6 Å². The smallest absolute Gasteiger partial charge is 0.387 e. The fraction of sp³-hybridized carbons (Fsp3) is 0.294. The van der Waals surface area contributed by atoms with Crippen LogP contribution in [0.25, 0.3) is 6.08 Å². The summed E-state index contributed by atoms with van der Waals surface area (Å²) in [6, 6.07) is 6.03. The van der Waals surface area contributed by atoms with E-state index in [2.05, 4.69) is 15.2 Å². The number of aromatic nitrogens is 2. The third-order valence-corrected chi connectivity index (χ3v) is 3.63. The third kappa shape index (κ3) is 4.65. The van der Waals surface area contributed by atoms with Gasteiger partial charge < -0.3 is 10.1 Å². The second kappa shape index (κ2) is 7.72. The number of hydrogen-bond donors (Lipinski definition) is 1. The molecule has 0 radical (unpaired) electrons. The number of nitrogens with one attached hydrogen (secondary N) is 1. The van der Waals surface area contributed by atoms with Crippen LogP contribution in [0.1, 0.15) is 22.5 Å². The Hall–Kier alpha value is -2.70. The molecule has 1 aromatic heterocycles. The first-order chi connectivity index (χ1) is 11.4. The van der Waals surface area contributed by atoms with Crippen LogP contribution in [-0.2, 0) is 18.4 Å². The lowest BCUT2D eigenvalue weighted by atomic mass is 10.2. The van der Waals surface area contributed by atoms with Crippen LogP contribution in [0.2, 0.25) is 0 Å². The lowest BCUT2D eigenvalue weighted by Gasteiger charge is -2.04. The van der Waals surface area contributed by atoms with E-state index in [-0.39, 0.29) is 11.7 Å². The van der Waals surface area contributed by atoms with E-state index < -0.39 is 6.61 Å². The van der Waals surface area contributed by atoms with Crippen LogP contribution < -0.4 is 10.1 Å². The average molecular weight is 335 g/mol. The topological polar surface area (TPSA) is 56.2 Å². The Morgan fingerprint density at radius 1 is 1.33 bits per heavy atom. The van der Waals surface area contributed by atoms with Crippen molar-refractivity contribution in [3.63, 3.8) is 0 Å². The van der Waals surface area contributed by atoms with Gasteiger partial charge in [0.1, 0.15) is 5.75 Å². The lowest BCUT2D eigenvalue weighted by molar-refractivity contribution is -0.116. The van der Waals surface area contributed by atoms with E-state index in [1.54, 1.807) is 22.9 Å². The van der Waals surface area contributed by atoms with E-state index in [0.717, 1.165) is 17.0 Å². The Labute approximate surface area is 138 Å². The van der Waals surface area contributed by atoms with Gasteiger partial charge in [-0.05, 0) is 37.6 Å². The summed E-state index contributed by atoms with van der Waals surface area (Å²) in [4.78, 5) is 11.9. The molecule has 0 spiro atoms. The molecule has 0 atom stereocenters. The molecule has 2 aromatic rings. The van der Waals surface area contributed by atoms with Crippen molar-refractivity contribution in [2.75, 3.05) is 0 Å². The molecule has 1 N–H and O–H groups in total. The molecule has 2 rings (SSSR count). The Kier molecular flexibility index (Phi) is 5.68. The Bertz CT molecular complexity index is 737. The number of carbonyl (C=O) groups is 1. The number of nitrogens with zero attached hydrogens (tertiary/aromatic N) is 2. The van der Waals surface area contributed by atoms with Crippen molar-refractivity contribution in [3.05, 3.63) is 52.9 Å². The first-order valence-electron chi connectivity index (χ1n) is 7.36. The highest BCUT2D eigenvalue weighted by Crippen LogP contribution is 2.15. The molecule has 7 heteroatoms. The van der Waals surface area contributed by atoms with Gasteiger partial charge in [-0.15, -0.1) is 0 Å². The first-order valence-corrected chi connectivity index (χ1v) is 7.36. The highest BCUT2D eigenvalue weighted by atomic mass is 19.3. The molecule has 0 bridgehead atoms. The summed E-state index contributed by atoms with van der Waals surface area (Å²) in [5.41, 5.74) is 3.59. The number of hydrogen-bond acceptors (Lipinski definition) is 3. The zero-order valence-corrected chi connectivity index (χ0v) is 13.7. The van der Waals surface area contributed by atoms with Gasteiger partial charge in [0.15, 0.2) is 0 Å². The minimum atomic E-state index is -2.85. The Morgan fingerprint density at radius 2 is 2.00 bits per heavy atom. The highest BCUT2D eigenvalue weighted by Gasteiger charge is 2.09. The minimum absolute atomic E-state index is 0.0779. The fourth-order valence-corrected chi connectivity index (χ4v) is 2.24. The van der Waals surface area contributed by atoms with Gasteiger partial charge in [0.05, 0.1) is 5.69 Å². The van der Waals surface area contributed by atoms with Crippen LogP contribution in [0.15, 0.2) is 30.3 Å². The summed E-state index contributed by atoms with van der Waals surface area (Å²) in [7, 11) is 1.86. The van der Waals surface area contributed by atoms with Crippen LogP contribution in [0.3, 0.4) is 0 Å². The summed E-state index contributed by atoms with van der Waals surface area (Å²) in [6.07, 6.45) is 2.99. The maximum Gasteiger partial charge on any atom is 0.387 e. The van der Waals surface area contributed by atoms with Crippen molar-refractivity contribution in [1.82, 2.24) is 15.1 Å². The molecular weight excluding hydrogens is 316 g/mol.